The second kappa shape index (κ2) is 330. The van der Waals surface area contributed by atoms with Gasteiger partial charge >= 0.3 is 45.5 Å². The molecule has 0 unspecified atom stereocenters. The van der Waals surface area contributed by atoms with Crippen molar-refractivity contribution in [2.75, 3.05) is 0 Å². The van der Waals surface area contributed by atoms with Crippen LogP contribution in [0.1, 0.15) is 0 Å². The van der Waals surface area contributed by atoms with Gasteiger partial charge in [-0.2, -0.15) is 0 Å². The Labute approximate surface area is 142 Å². The second-order valence-electron chi connectivity index (χ2n) is 0. The van der Waals surface area contributed by atoms with Gasteiger partial charge in [0.05, 0.1) is 71.2 Å². The third-order valence-electron chi connectivity index (χ3n) is 0. The minimum atomic E-state index is 0. The fraction of sp³-hybridized carbons (Fsp3) is 0. The molecule has 0 heterocycles. The molecule has 6 N–H and O–H groups in total. The Morgan fingerprint density at radius 1 is 0.308 bits per heavy atom. The number of hydrogen-bond donors (Lipinski definition) is 6. The van der Waals surface area contributed by atoms with Crippen molar-refractivity contribution in [3.05, 3.63) is 0 Å². The van der Waals surface area contributed by atoms with E-state index >= 15 is 0 Å². The second-order valence-corrected chi connectivity index (χ2v) is 0. The first-order valence-electron chi connectivity index (χ1n) is 1.01. The summed E-state index contributed by atoms with van der Waals surface area (Å²) in [7, 11) is 0. The van der Waals surface area contributed by atoms with Crippen LogP contribution in [0.15, 0.2) is 0 Å². The molecule has 0 aromatic heterocycles. The van der Waals surface area contributed by atoms with Gasteiger partial charge < -0.3 is 0 Å². The average molecular weight is 404 g/mol. The summed E-state index contributed by atoms with van der Waals surface area (Å²) in [6.07, 6.45) is 0. The maximum absolute atomic E-state index is 6.47. The Balaban J connectivity index is -0.00000000655. The van der Waals surface area contributed by atoms with E-state index in [1.54, 1.807) is 0 Å². The predicted octanol–water partition coefficient (Wildman–Crippen LogP) is -0.121. The molecule has 13 heteroatoms. The van der Waals surface area contributed by atoms with E-state index in [1.165, 1.54) is 0 Å². The molecule has 6 nitrogen and oxygen atoms in total. The minimum absolute atomic E-state index is 0. The van der Waals surface area contributed by atoms with Crippen LogP contribution in [0.25, 0.3) is 0 Å². The van der Waals surface area contributed by atoms with Crippen LogP contribution in [0.5, 0.6) is 0 Å². The van der Waals surface area contributed by atoms with Crippen LogP contribution in [0, 0.1) is 0 Å². The summed E-state index contributed by atoms with van der Waals surface area (Å²) in [6, 6.07) is 0. The first-order valence-corrected chi connectivity index (χ1v) is 3.04. The van der Waals surface area contributed by atoms with Crippen LogP contribution in [0.2, 0.25) is 0 Å². The molecule has 13 heavy (non-hydrogen) atoms. The molecule has 0 aromatic rings. The van der Waals surface area contributed by atoms with Gasteiger partial charge in [0.15, 0.2) is 0 Å². The van der Waals surface area contributed by atoms with E-state index in [0.29, 0.717) is 0 Å². The van der Waals surface area contributed by atoms with Crippen molar-refractivity contribution < 1.29 is 28.0 Å². The van der Waals surface area contributed by atoms with Gasteiger partial charge in [0, 0.05) is 0 Å². The Kier molecular flexibility index (Phi) is 1130. The molecule has 0 aliphatic heterocycles. The van der Waals surface area contributed by atoms with Crippen LogP contribution in [0.4, 0.5) is 0 Å². The zero-order valence-corrected chi connectivity index (χ0v) is 9.49. The molecule has 0 aromatic carbocycles. The summed E-state index contributed by atoms with van der Waals surface area (Å²) in [5.41, 5.74) is 0. The van der Waals surface area contributed by atoms with E-state index in [-0.39, 0.29) is 45.5 Å². The zero-order valence-electron chi connectivity index (χ0n) is 4.95. The summed E-state index contributed by atoms with van der Waals surface area (Å²) >= 11 is 21.8. The van der Waals surface area contributed by atoms with Gasteiger partial charge in [-0.15, -0.1) is 0 Å². The molecule has 0 saturated carbocycles. The van der Waals surface area contributed by atoms with E-state index in [2.05, 4.69) is 71.2 Å². The fourth-order valence-electron chi connectivity index (χ4n) is 0. The monoisotopic (exact) mass is 402 g/mol. The molecule has 0 amide bonds. The van der Waals surface area contributed by atoms with Crippen molar-refractivity contribution in [2.24, 2.45) is 0 Å². The van der Waals surface area contributed by atoms with Crippen molar-refractivity contribution in [1.29, 1.82) is 0 Å². The first kappa shape index (κ1) is 44.5. The third-order valence-corrected chi connectivity index (χ3v) is 0. The number of hydrogen-bond acceptors (Lipinski definition) is 6. The average Bonchev–Trinajstić information content (AvgIpc) is 2.33. The van der Waals surface area contributed by atoms with Crippen molar-refractivity contribution in [2.45, 2.75) is 0 Å². The van der Waals surface area contributed by atoms with Gasteiger partial charge in [0.25, 0.3) is 0 Å². The topological polar surface area (TPSA) is 121 Å². The molecular weight excluding hydrogens is 396 g/mol. The van der Waals surface area contributed by atoms with Gasteiger partial charge in [-0.05, 0) is 0 Å². The van der Waals surface area contributed by atoms with Gasteiger partial charge in [-0.25, -0.2) is 0 Å². The molecule has 88 valence electrons. The quantitative estimate of drug-likeness (QED) is 0.313. The van der Waals surface area contributed by atoms with Crippen LogP contribution < -0.4 is 0 Å². The van der Waals surface area contributed by atoms with Gasteiger partial charge in [-0.1, -0.05) is 0 Å². The Morgan fingerprint density at radius 2 is 0.308 bits per heavy atom. The molecular formula is H8Cl6O6Sr. The van der Waals surface area contributed by atoms with Crippen molar-refractivity contribution in [3.8, 4) is 0 Å². The summed E-state index contributed by atoms with van der Waals surface area (Å²) in [5.74, 6) is 0. The van der Waals surface area contributed by atoms with Gasteiger partial charge in [-0.3, -0.25) is 28.0 Å². The van der Waals surface area contributed by atoms with Gasteiger partial charge in [0.1, 0.15) is 0 Å². The normalized spacial score (nSPS) is 2.77. The van der Waals surface area contributed by atoms with Crippen LogP contribution in [-0.4, -0.2) is 73.4 Å². The first-order chi connectivity index (χ1) is 6.00. The Morgan fingerprint density at radius 3 is 0.308 bits per heavy atom. The third kappa shape index (κ3) is 284. The maximum atomic E-state index is 6.47. The molecule has 0 saturated heterocycles. The number of halogens is 6. The summed E-state index contributed by atoms with van der Waals surface area (Å²) in [4.78, 5) is 0. The van der Waals surface area contributed by atoms with E-state index < -0.39 is 0 Å². The SMILES string of the molecule is OCl.OCl.OCl.OCl.OCl.OCl.[SrH2]. The standard InChI is InChI=1S/6ClHO.Sr.2H/c6*1-2;;;/h6*2H;;;. The van der Waals surface area contributed by atoms with Gasteiger partial charge in [0.2, 0.25) is 0 Å². The van der Waals surface area contributed by atoms with Crippen LogP contribution in [0.3, 0.4) is 0 Å². The van der Waals surface area contributed by atoms with E-state index in [9.17, 15) is 0 Å². The number of rotatable bonds is 0. The van der Waals surface area contributed by atoms with Crippen molar-refractivity contribution in [1.82, 2.24) is 0 Å². The Bertz CT molecular complexity index is 17.1. The van der Waals surface area contributed by atoms with Crippen molar-refractivity contribution in [3.63, 3.8) is 0 Å². The van der Waals surface area contributed by atoms with E-state index in [1.807, 2.05) is 0 Å². The molecule has 0 radical (unpaired) electrons. The molecule has 0 fully saturated rings. The Hall–Kier alpha value is 2.98. The summed E-state index contributed by atoms with van der Waals surface area (Å²) in [6.45, 7) is 0. The molecule has 0 aliphatic rings. The van der Waals surface area contributed by atoms with Crippen LogP contribution in [-0.2, 0) is 0 Å². The summed E-state index contributed by atoms with van der Waals surface area (Å²) in [5, 5.41) is 0. The fourth-order valence-corrected chi connectivity index (χ4v) is 0. The summed E-state index contributed by atoms with van der Waals surface area (Å²) < 4.78 is 38.8. The molecule has 0 aliphatic carbocycles. The van der Waals surface area contributed by atoms with Crippen LogP contribution >= 0.6 is 71.2 Å². The molecule has 0 spiro atoms. The molecule has 0 rings (SSSR count). The molecule has 0 atom stereocenters. The van der Waals surface area contributed by atoms with E-state index in [0.717, 1.165) is 0 Å². The molecule has 0 bridgehead atoms. The van der Waals surface area contributed by atoms with Crippen molar-refractivity contribution >= 4 is 117 Å². The zero-order chi connectivity index (χ0) is 12.0. The van der Waals surface area contributed by atoms with E-state index in [4.69, 9.17) is 28.0 Å². The predicted molar refractivity (Wildman–Crippen MR) is 57.0 cm³/mol.